The van der Waals surface area contributed by atoms with Crippen LogP contribution in [0.5, 0.6) is 5.75 Å². The van der Waals surface area contributed by atoms with Crippen molar-refractivity contribution >= 4 is 0 Å². The quantitative estimate of drug-likeness (QED) is 0.826. The van der Waals surface area contributed by atoms with Gasteiger partial charge in [0, 0.05) is 6.54 Å². The molecule has 0 saturated heterocycles. The molecule has 1 aromatic rings. The van der Waals surface area contributed by atoms with Gasteiger partial charge >= 0.3 is 0 Å². The number of ether oxygens (including phenoxy) is 1. The van der Waals surface area contributed by atoms with E-state index in [1.807, 2.05) is 6.07 Å². The maximum atomic E-state index is 5.71. The van der Waals surface area contributed by atoms with Crippen molar-refractivity contribution in [3.63, 3.8) is 0 Å². The second-order valence-electron chi connectivity index (χ2n) is 5.60. The van der Waals surface area contributed by atoms with Gasteiger partial charge in [0.15, 0.2) is 0 Å². The lowest BCUT2D eigenvalue weighted by molar-refractivity contribution is 0.242. The third kappa shape index (κ3) is 4.34. The van der Waals surface area contributed by atoms with Crippen molar-refractivity contribution in [3.05, 3.63) is 29.8 Å². The third-order valence-corrected chi connectivity index (χ3v) is 3.51. The van der Waals surface area contributed by atoms with Gasteiger partial charge in [-0.25, -0.2) is 0 Å². The zero-order valence-electron chi connectivity index (χ0n) is 11.6. The van der Waals surface area contributed by atoms with E-state index in [0.29, 0.717) is 0 Å². The Hall–Kier alpha value is -1.02. The standard InChI is InChI=1S/C16H25NO/c1-13(2)18-16-9-5-8-15(10-16)12-17-11-14-6-3-4-7-14/h5,8-10,13-14,17H,3-4,6-7,11-12H2,1-2H3. The van der Waals surface area contributed by atoms with E-state index in [2.05, 4.69) is 37.4 Å². The Bertz CT molecular complexity index is 356. The minimum atomic E-state index is 0.242. The van der Waals surface area contributed by atoms with Crippen LogP contribution in [0.2, 0.25) is 0 Å². The van der Waals surface area contributed by atoms with Crippen LogP contribution >= 0.6 is 0 Å². The van der Waals surface area contributed by atoms with E-state index in [4.69, 9.17) is 4.74 Å². The highest BCUT2D eigenvalue weighted by molar-refractivity contribution is 5.28. The molecule has 1 saturated carbocycles. The van der Waals surface area contributed by atoms with Crippen molar-refractivity contribution in [2.24, 2.45) is 5.92 Å². The highest BCUT2D eigenvalue weighted by Gasteiger charge is 2.13. The molecule has 1 fully saturated rings. The molecule has 0 unspecified atom stereocenters. The lowest BCUT2D eigenvalue weighted by Gasteiger charge is -2.13. The van der Waals surface area contributed by atoms with Crippen LogP contribution in [-0.2, 0) is 6.54 Å². The molecule has 1 N–H and O–H groups in total. The molecular weight excluding hydrogens is 222 g/mol. The molecule has 0 aliphatic heterocycles. The highest BCUT2D eigenvalue weighted by Crippen LogP contribution is 2.23. The number of nitrogens with one attached hydrogen (secondary N) is 1. The van der Waals surface area contributed by atoms with Gasteiger partial charge in [0.05, 0.1) is 6.10 Å². The van der Waals surface area contributed by atoms with Crippen LogP contribution in [0.15, 0.2) is 24.3 Å². The van der Waals surface area contributed by atoms with Crippen molar-refractivity contribution in [2.75, 3.05) is 6.54 Å². The first-order valence-corrected chi connectivity index (χ1v) is 7.20. The van der Waals surface area contributed by atoms with Gasteiger partial charge in [-0.2, -0.15) is 0 Å². The Balaban J connectivity index is 1.77. The molecule has 2 nitrogen and oxygen atoms in total. The first-order valence-electron chi connectivity index (χ1n) is 7.20. The first-order chi connectivity index (χ1) is 8.74. The van der Waals surface area contributed by atoms with Crippen LogP contribution in [0, 0.1) is 5.92 Å². The van der Waals surface area contributed by atoms with Crippen LogP contribution < -0.4 is 10.1 Å². The SMILES string of the molecule is CC(C)Oc1cccc(CNCC2CCCC2)c1. The number of hydrogen-bond acceptors (Lipinski definition) is 2. The van der Waals surface area contributed by atoms with Crippen molar-refractivity contribution in [1.82, 2.24) is 5.32 Å². The molecular formula is C16H25NO. The van der Waals surface area contributed by atoms with E-state index in [1.54, 1.807) is 0 Å². The summed E-state index contributed by atoms with van der Waals surface area (Å²) < 4.78 is 5.71. The zero-order valence-corrected chi connectivity index (χ0v) is 11.6. The van der Waals surface area contributed by atoms with Gasteiger partial charge in [-0.3, -0.25) is 0 Å². The molecule has 0 aromatic heterocycles. The Labute approximate surface area is 111 Å². The van der Waals surface area contributed by atoms with Gasteiger partial charge in [0.1, 0.15) is 5.75 Å². The molecule has 0 heterocycles. The smallest absolute Gasteiger partial charge is 0.120 e. The average Bonchev–Trinajstić information content (AvgIpc) is 2.82. The Kier molecular flexibility index (Phi) is 5.06. The maximum absolute atomic E-state index is 5.71. The van der Waals surface area contributed by atoms with Crippen LogP contribution in [0.3, 0.4) is 0 Å². The summed E-state index contributed by atoms with van der Waals surface area (Å²) in [4.78, 5) is 0. The Morgan fingerprint density at radius 1 is 1.28 bits per heavy atom. The minimum Gasteiger partial charge on any atom is -0.491 e. The van der Waals surface area contributed by atoms with Gasteiger partial charge in [-0.15, -0.1) is 0 Å². The molecule has 1 aliphatic carbocycles. The van der Waals surface area contributed by atoms with Crippen LogP contribution in [-0.4, -0.2) is 12.6 Å². The molecule has 1 aliphatic rings. The predicted molar refractivity (Wildman–Crippen MR) is 75.9 cm³/mol. The van der Waals surface area contributed by atoms with E-state index in [0.717, 1.165) is 24.8 Å². The minimum absolute atomic E-state index is 0.242. The normalized spacial score (nSPS) is 16.4. The molecule has 0 atom stereocenters. The van der Waals surface area contributed by atoms with E-state index in [9.17, 15) is 0 Å². The molecule has 0 amide bonds. The van der Waals surface area contributed by atoms with Gasteiger partial charge in [-0.05, 0) is 56.8 Å². The second kappa shape index (κ2) is 6.79. The van der Waals surface area contributed by atoms with E-state index in [1.165, 1.54) is 31.2 Å². The van der Waals surface area contributed by atoms with E-state index in [-0.39, 0.29) is 6.10 Å². The van der Waals surface area contributed by atoms with Crippen LogP contribution in [0.1, 0.15) is 45.1 Å². The summed E-state index contributed by atoms with van der Waals surface area (Å²) >= 11 is 0. The predicted octanol–water partition coefficient (Wildman–Crippen LogP) is 3.75. The average molecular weight is 247 g/mol. The molecule has 2 heteroatoms. The fraction of sp³-hybridized carbons (Fsp3) is 0.625. The zero-order chi connectivity index (χ0) is 12.8. The van der Waals surface area contributed by atoms with Crippen molar-refractivity contribution in [3.8, 4) is 5.75 Å². The van der Waals surface area contributed by atoms with Crippen molar-refractivity contribution in [1.29, 1.82) is 0 Å². The largest absolute Gasteiger partial charge is 0.491 e. The fourth-order valence-corrected chi connectivity index (χ4v) is 2.64. The first kappa shape index (κ1) is 13.4. The highest BCUT2D eigenvalue weighted by atomic mass is 16.5. The third-order valence-electron chi connectivity index (χ3n) is 3.51. The summed E-state index contributed by atoms with van der Waals surface area (Å²) in [5.74, 6) is 1.88. The van der Waals surface area contributed by atoms with Crippen LogP contribution in [0.25, 0.3) is 0 Å². The van der Waals surface area contributed by atoms with Crippen molar-refractivity contribution < 1.29 is 4.74 Å². The van der Waals surface area contributed by atoms with E-state index >= 15 is 0 Å². The van der Waals surface area contributed by atoms with Crippen molar-refractivity contribution in [2.45, 2.75) is 52.2 Å². The lowest BCUT2D eigenvalue weighted by Crippen LogP contribution is -2.20. The molecule has 0 bridgehead atoms. The fourth-order valence-electron chi connectivity index (χ4n) is 2.64. The monoisotopic (exact) mass is 247 g/mol. The maximum Gasteiger partial charge on any atom is 0.120 e. The second-order valence-corrected chi connectivity index (χ2v) is 5.60. The number of benzene rings is 1. The lowest BCUT2D eigenvalue weighted by atomic mass is 10.1. The molecule has 100 valence electrons. The summed E-state index contributed by atoms with van der Waals surface area (Å²) in [7, 11) is 0. The number of rotatable bonds is 6. The molecule has 0 radical (unpaired) electrons. The Morgan fingerprint density at radius 2 is 2.06 bits per heavy atom. The summed E-state index contributed by atoms with van der Waals surface area (Å²) in [5, 5.41) is 3.57. The topological polar surface area (TPSA) is 21.3 Å². The molecule has 1 aromatic carbocycles. The van der Waals surface area contributed by atoms with Gasteiger partial charge < -0.3 is 10.1 Å². The summed E-state index contributed by atoms with van der Waals surface area (Å²) in [5.41, 5.74) is 1.31. The summed E-state index contributed by atoms with van der Waals surface area (Å²) in [6, 6.07) is 8.40. The molecule has 18 heavy (non-hydrogen) atoms. The number of hydrogen-bond donors (Lipinski definition) is 1. The summed E-state index contributed by atoms with van der Waals surface area (Å²) in [6.07, 6.45) is 5.90. The van der Waals surface area contributed by atoms with E-state index < -0.39 is 0 Å². The van der Waals surface area contributed by atoms with Gasteiger partial charge in [-0.1, -0.05) is 25.0 Å². The van der Waals surface area contributed by atoms with Gasteiger partial charge in [0.25, 0.3) is 0 Å². The van der Waals surface area contributed by atoms with Crippen LogP contribution in [0.4, 0.5) is 0 Å². The van der Waals surface area contributed by atoms with Gasteiger partial charge in [0.2, 0.25) is 0 Å². The summed E-state index contributed by atoms with van der Waals surface area (Å²) in [6.45, 7) is 6.23. The molecule has 2 rings (SSSR count). The molecule has 0 spiro atoms. The Morgan fingerprint density at radius 3 is 2.78 bits per heavy atom.